The molecule has 1 aliphatic carbocycles. The van der Waals surface area contributed by atoms with Gasteiger partial charge in [0, 0.05) is 19.6 Å². The molecular weight excluding hydrogens is 188 g/mol. The number of rotatable bonds is 4. The molecule has 1 aromatic heterocycles. The van der Waals surface area contributed by atoms with E-state index in [-0.39, 0.29) is 0 Å². The molecule has 0 amide bonds. The fraction of sp³-hybridized carbons (Fsp3) is 0.636. The second-order valence-corrected chi connectivity index (χ2v) is 4.34. The van der Waals surface area contributed by atoms with E-state index in [1.807, 2.05) is 6.92 Å². The van der Waals surface area contributed by atoms with Gasteiger partial charge in [-0.1, -0.05) is 0 Å². The van der Waals surface area contributed by atoms with E-state index >= 15 is 0 Å². The zero-order chi connectivity index (χ0) is 10.8. The summed E-state index contributed by atoms with van der Waals surface area (Å²) in [5, 5.41) is 8.11. The molecule has 1 fully saturated rings. The van der Waals surface area contributed by atoms with Crippen molar-refractivity contribution in [2.45, 2.75) is 25.8 Å². The SMILES string of the molecule is Cc1cnnc(N(C)C(CN)C2CC2)c1. The molecule has 0 radical (unpaired) electrons. The van der Waals surface area contributed by atoms with Crippen molar-refractivity contribution < 1.29 is 0 Å². The molecule has 0 saturated heterocycles. The minimum atomic E-state index is 0.418. The lowest BCUT2D eigenvalue weighted by Crippen LogP contribution is -2.40. The summed E-state index contributed by atoms with van der Waals surface area (Å²) in [6.45, 7) is 2.72. The van der Waals surface area contributed by atoms with Crippen LogP contribution >= 0.6 is 0 Å². The molecule has 4 nitrogen and oxygen atoms in total. The summed E-state index contributed by atoms with van der Waals surface area (Å²) in [7, 11) is 2.05. The van der Waals surface area contributed by atoms with Crippen LogP contribution in [-0.4, -0.2) is 29.8 Å². The van der Waals surface area contributed by atoms with Crippen LogP contribution in [0.5, 0.6) is 0 Å². The number of nitrogens with two attached hydrogens (primary N) is 1. The second kappa shape index (κ2) is 4.14. The second-order valence-electron chi connectivity index (χ2n) is 4.34. The van der Waals surface area contributed by atoms with Crippen LogP contribution in [0.4, 0.5) is 5.82 Å². The quantitative estimate of drug-likeness (QED) is 0.797. The smallest absolute Gasteiger partial charge is 0.151 e. The Labute approximate surface area is 90.5 Å². The predicted molar refractivity (Wildman–Crippen MR) is 60.7 cm³/mol. The molecular formula is C11H18N4. The Balaban J connectivity index is 2.14. The molecule has 1 aliphatic rings. The van der Waals surface area contributed by atoms with E-state index < -0.39 is 0 Å². The maximum absolute atomic E-state index is 5.80. The first-order valence-corrected chi connectivity index (χ1v) is 5.44. The van der Waals surface area contributed by atoms with Gasteiger partial charge in [0.25, 0.3) is 0 Å². The van der Waals surface area contributed by atoms with E-state index in [2.05, 4.69) is 28.2 Å². The summed E-state index contributed by atoms with van der Waals surface area (Å²) in [6, 6.07) is 2.47. The van der Waals surface area contributed by atoms with Gasteiger partial charge < -0.3 is 10.6 Å². The molecule has 1 unspecified atom stereocenters. The monoisotopic (exact) mass is 206 g/mol. The Morgan fingerprint density at radius 2 is 2.33 bits per heavy atom. The summed E-state index contributed by atoms with van der Waals surface area (Å²) >= 11 is 0. The highest BCUT2D eigenvalue weighted by molar-refractivity contribution is 5.40. The van der Waals surface area contributed by atoms with Crippen LogP contribution < -0.4 is 10.6 Å². The third kappa shape index (κ3) is 2.26. The van der Waals surface area contributed by atoms with Crippen molar-refractivity contribution in [3.05, 3.63) is 17.8 Å². The Bertz CT molecular complexity index is 335. The maximum atomic E-state index is 5.80. The lowest BCUT2D eigenvalue weighted by Gasteiger charge is -2.27. The van der Waals surface area contributed by atoms with Gasteiger partial charge in [-0.05, 0) is 37.3 Å². The zero-order valence-corrected chi connectivity index (χ0v) is 9.35. The summed E-state index contributed by atoms with van der Waals surface area (Å²) in [5.74, 6) is 1.68. The summed E-state index contributed by atoms with van der Waals surface area (Å²) in [5.41, 5.74) is 6.94. The molecule has 0 aromatic carbocycles. The first-order chi connectivity index (χ1) is 7.22. The highest BCUT2D eigenvalue weighted by atomic mass is 15.3. The van der Waals surface area contributed by atoms with E-state index in [0.717, 1.165) is 17.3 Å². The molecule has 1 atom stereocenters. The van der Waals surface area contributed by atoms with Gasteiger partial charge in [0.15, 0.2) is 5.82 Å². The molecule has 82 valence electrons. The van der Waals surface area contributed by atoms with Gasteiger partial charge >= 0.3 is 0 Å². The van der Waals surface area contributed by atoms with Crippen LogP contribution in [0, 0.1) is 12.8 Å². The normalized spacial score (nSPS) is 17.5. The van der Waals surface area contributed by atoms with E-state index in [1.54, 1.807) is 6.20 Å². The first kappa shape index (κ1) is 10.4. The van der Waals surface area contributed by atoms with E-state index in [9.17, 15) is 0 Å². The minimum Gasteiger partial charge on any atom is -0.354 e. The number of aryl methyl sites for hydroxylation is 1. The van der Waals surface area contributed by atoms with Crippen LogP contribution in [-0.2, 0) is 0 Å². The third-order valence-corrected chi connectivity index (χ3v) is 3.04. The van der Waals surface area contributed by atoms with Gasteiger partial charge in [0.05, 0.1) is 6.20 Å². The topological polar surface area (TPSA) is 55.0 Å². The van der Waals surface area contributed by atoms with Gasteiger partial charge in [-0.2, -0.15) is 5.10 Å². The molecule has 2 rings (SSSR count). The van der Waals surface area contributed by atoms with Gasteiger partial charge in [-0.15, -0.1) is 5.10 Å². The zero-order valence-electron chi connectivity index (χ0n) is 9.35. The number of aromatic nitrogens is 2. The first-order valence-electron chi connectivity index (χ1n) is 5.44. The fourth-order valence-electron chi connectivity index (χ4n) is 1.94. The molecule has 1 aromatic rings. The van der Waals surface area contributed by atoms with Crippen molar-refractivity contribution in [3.8, 4) is 0 Å². The largest absolute Gasteiger partial charge is 0.354 e. The Morgan fingerprint density at radius 1 is 1.60 bits per heavy atom. The maximum Gasteiger partial charge on any atom is 0.151 e. The average Bonchev–Trinajstić information content (AvgIpc) is 3.03. The number of anilines is 1. The van der Waals surface area contributed by atoms with E-state index in [0.29, 0.717) is 12.6 Å². The molecule has 0 spiro atoms. The predicted octanol–water partition coefficient (Wildman–Crippen LogP) is 0.959. The van der Waals surface area contributed by atoms with Crippen molar-refractivity contribution in [3.63, 3.8) is 0 Å². The van der Waals surface area contributed by atoms with Crippen LogP contribution in [0.3, 0.4) is 0 Å². The van der Waals surface area contributed by atoms with Crippen LogP contribution in [0.2, 0.25) is 0 Å². The number of likely N-dealkylation sites (N-methyl/N-ethyl adjacent to an activating group) is 1. The van der Waals surface area contributed by atoms with Crippen molar-refractivity contribution in [1.82, 2.24) is 10.2 Å². The van der Waals surface area contributed by atoms with Crippen molar-refractivity contribution in [2.24, 2.45) is 11.7 Å². The number of hydrogen-bond acceptors (Lipinski definition) is 4. The highest BCUT2D eigenvalue weighted by Crippen LogP contribution is 2.35. The standard InChI is InChI=1S/C11H18N4/c1-8-5-11(14-13-7-8)15(2)10(6-12)9-3-4-9/h5,7,9-10H,3-4,6,12H2,1-2H3. The van der Waals surface area contributed by atoms with Crippen LogP contribution in [0.15, 0.2) is 12.3 Å². The third-order valence-electron chi connectivity index (χ3n) is 3.04. The number of hydrogen-bond donors (Lipinski definition) is 1. The summed E-state index contributed by atoms with van der Waals surface area (Å²) in [4.78, 5) is 2.16. The van der Waals surface area contributed by atoms with Gasteiger partial charge in [-0.3, -0.25) is 0 Å². The Kier molecular flexibility index (Phi) is 2.86. The van der Waals surface area contributed by atoms with E-state index in [4.69, 9.17) is 5.73 Å². The van der Waals surface area contributed by atoms with Gasteiger partial charge in [0.1, 0.15) is 0 Å². The molecule has 1 heterocycles. The molecule has 2 N–H and O–H groups in total. The Morgan fingerprint density at radius 3 is 2.87 bits per heavy atom. The van der Waals surface area contributed by atoms with Crippen molar-refractivity contribution in [1.29, 1.82) is 0 Å². The van der Waals surface area contributed by atoms with Crippen LogP contribution in [0.1, 0.15) is 18.4 Å². The van der Waals surface area contributed by atoms with Gasteiger partial charge in [-0.25, -0.2) is 0 Å². The van der Waals surface area contributed by atoms with Crippen molar-refractivity contribution >= 4 is 5.82 Å². The van der Waals surface area contributed by atoms with Crippen molar-refractivity contribution in [2.75, 3.05) is 18.5 Å². The molecule has 1 saturated carbocycles. The summed E-state index contributed by atoms with van der Waals surface area (Å²) < 4.78 is 0. The average molecular weight is 206 g/mol. The highest BCUT2D eigenvalue weighted by Gasteiger charge is 2.33. The fourth-order valence-corrected chi connectivity index (χ4v) is 1.94. The lowest BCUT2D eigenvalue weighted by atomic mass is 10.1. The lowest BCUT2D eigenvalue weighted by molar-refractivity contribution is 0.564. The molecule has 15 heavy (non-hydrogen) atoms. The van der Waals surface area contributed by atoms with E-state index in [1.165, 1.54) is 12.8 Å². The Hall–Kier alpha value is -1.16. The molecule has 0 aliphatic heterocycles. The summed E-state index contributed by atoms with van der Waals surface area (Å²) in [6.07, 6.45) is 4.36. The van der Waals surface area contributed by atoms with Gasteiger partial charge in [0.2, 0.25) is 0 Å². The molecule has 0 bridgehead atoms. The number of nitrogens with zero attached hydrogens (tertiary/aromatic N) is 3. The minimum absolute atomic E-state index is 0.418. The van der Waals surface area contributed by atoms with Crippen LogP contribution in [0.25, 0.3) is 0 Å². The molecule has 4 heteroatoms.